The summed E-state index contributed by atoms with van der Waals surface area (Å²) in [5.74, 6) is 0.674. The first kappa shape index (κ1) is 16.3. The first-order chi connectivity index (χ1) is 12.1. The molecule has 0 bridgehead atoms. The average molecular weight is 340 g/mol. The van der Waals surface area contributed by atoms with Crippen LogP contribution in [0.4, 0.5) is 0 Å². The van der Waals surface area contributed by atoms with Crippen LogP contribution in [-0.4, -0.2) is 45.3 Å². The van der Waals surface area contributed by atoms with Crippen molar-refractivity contribution in [3.8, 4) is 0 Å². The third-order valence-corrected chi connectivity index (χ3v) is 5.07. The minimum Gasteiger partial charge on any atom is -0.379 e. The van der Waals surface area contributed by atoms with Gasteiger partial charge in [-0.3, -0.25) is 9.48 Å². The summed E-state index contributed by atoms with van der Waals surface area (Å²) in [5.41, 5.74) is 3.65. The summed E-state index contributed by atoms with van der Waals surface area (Å²) >= 11 is 0. The normalized spacial score (nSPS) is 19.8. The number of aromatic nitrogens is 3. The fourth-order valence-corrected chi connectivity index (χ4v) is 3.51. The Hall–Kier alpha value is -2.21. The Morgan fingerprint density at radius 1 is 1.32 bits per heavy atom. The second kappa shape index (κ2) is 6.59. The van der Waals surface area contributed by atoms with Gasteiger partial charge in [0.05, 0.1) is 24.5 Å². The summed E-state index contributed by atoms with van der Waals surface area (Å²) in [6, 6.07) is 5.47. The van der Waals surface area contributed by atoms with Gasteiger partial charge in [-0.15, -0.1) is 0 Å². The van der Waals surface area contributed by atoms with Crippen molar-refractivity contribution in [2.75, 3.05) is 19.8 Å². The first-order valence-electron chi connectivity index (χ1n) is 8.96. The Bertz CT molecular complexity index is 781. The van der Waals surface area contributed by atoms with E-state index in [1.54, 1.807) is 6.07 Å². The molecule has 25 heavy (non-hydrogen) atoms. The number of rotatable bonds is 5. The molecule has 0 saturated heterocycles. The molecule has 0 unspecified atom stereocenters. The minimum atomic E-state index is -0.107. The molecule has 0 radical (unpaired) electrons. The van der Waals surface area contributed by atoms with Gasteiger partial charge in [0.1, 0.15) is 5.69 Å². The van der Waals surface area contributed by atoms with Crippen molar-refractivity contribution in [1.82, 2.24) is 19.7 Å². The molecule has 1 amide bonds. The number of carbonyl (C=O) groups is 1. The van der Waals surface area contributed by atoms with Gasteiger partial charge in [-0.1, -0.05) is 6.07 Å². The quantitative estimate of drug-likeness (QED) is 0.838. The lowest BCUT2D eigenvalue weighted by atomic mass is 9.99. The van der Waals surface area contributed by atoms with Gasteiger partial charge in [0, 0.05) is 25.9 Å². The molecule has 1 aliphatic carbocycles. The van der Waals surface area contributed by atoms with Gasteiger partial charge >= 0.3 is 0 Å². The van der Waals surface area contributed by atoms with E-state index in [-0.39, 0.29) is 11.9 Å². The predicted molar refractivity (Wildman–Crippen MR) is 93.2 cm³/mol. The number of fused-ring (bicyclic) bond motifs is 1. The summed E-state index contributed by atoms with van der Waals surface area (Å²) in [7, 11) is 1.94. The number of ether oxygens (including phenoxy) is 1. The van der Waals surface area contributed by atoms with Crippen LogP contribution in [0.15, 0.2) is 24.4 Å². The Morgan fingerprint density at radius 3 is 2.92 bits per heavy atom. The van der Waals surface area contributed by atoms with E-state index in [0.717, 1.165) is 24.4 Å². The van der Waals surface area contributed by atoms with Crippen molar-refractivity contribution in [3.63, 3.8) is 0 Å². The van der Waals surface area contributed by atoms with Crippen LogP contribution in [-0.2, 0) is 18.2 Å². The van der Waals surface area contributed by atoms with Crippen LogP contribution in [0.5, 0.6) is 0 Å². The highest BCUT2D eigenvalue weighted by molar-refractivity contribution is 5.92. The maximum absolute atomic E-state index is 13.1. The maximum atomic E-state index is 13.1. The molecule has 6 nitrogen and oxygen atoms in total. The van der Waals surface area contributed by atoms with Crippen LogP contribution in [0.2, 0.25) is 0 Å². The summed E-state index contributed by atoms with van der Waals surface area (Å²) < 4.78 is 7.84. The largest absolute Gasteiger partial charge is 0.379 e. The van der Waals surface area contributed by atoms with Gasteiger partial charge in [0.25, 0.3) is 5.91 Å². The molecule has 1 aliphatic heterocycles. The van der Waals surface area contributed by atoms with E-state index in [0.29, 0.717) is 24.8 Å². The van der Waals surface area contributed by atoms with E-state index >= 15 is 0 Å². The maximum Gasteiger partial charge on any atom is 0.273 e. The highest BCUT2D eigenvalue weighted by Gasteiger charge is 2.35. The standard InChI is InChI=1S/C19H24N4O2/c1-13-4-3-5-16(21-13)19(24)23-9-8-15-10-20-22(2)18(15)17(23)12-25-11-14-6-7-14/h3-5,10,14,17H,6-9,11-12H2,1-2H3/t17-/m1/s1. The molecular formula is C19H24N4O2. The van der Waals surface area contributed by atoms with E-state index < -0.39 is 0 Å². The smallest absolute Gasteiger partial charge is 0.273 e. The Labute approximate surface area is 147 Å². The lowest BCUT2D eigenvalue weighted by Crippen LogP contribution is -2.43. The fourth-order valence-electron chi connectivity index (χ4n) is 3.51. The number of hydrogen-bond donors (Lipinski definition) is 0. The SMILES string of the molecule is Cc1cccc(C(=O)N2CCc3cnn(C)c3[C@H]2COCC2CC2)n1. The molecule has 6 heteroatoms. The number of nitrogens with zero attached hydrogens (tertiary/aromatic N) is 4. The van der Waals surface area contributed by atoms with Crippen molar-refractivity contribution in [2.24, 2.45) is 13.0 Å². The van der Waals surface area contributed by atoms with E-state index in [1.165, 1.54) is 18.4 Å². The number of hydrogen-bond acceptors (Lipinski definition) is 4. The van der Waals surface area contributed by atoms with Gasteiger partial charge in [-0.2, -0.15) is 5.10 Å². The summed E-state index contributed by atoms with van der Waals surface area (Å²) in [4.78, 5) is 19.4. The lowest BCUT2D eigenvalue weighted by molar-refractivity contribution is 0.0344. The lowest BCUT2D eigenvalue weighted by Gasteiger charge is -2.35. The molecule has 3 heterocycles. The molecule has 1 saturated carbocycles. The summed E-state index contributed by atoms with van der Waals surface area (Å²) in [5, 5.41) is 4.39. The van der Waals surface area contributed by atoms with Crippen molar-refractivity contribution in [3.05, 3.63) is 47.0 Å². The summed E-state index contributed by atoms with van der Waals surface area (Å²) in [6.07, 6.45) is 5.25. The molecule has 0 spiro atoms. The fraction of sp³-hybridized carbons (Fsp3) is 0.526. The molecule has 1 atom stereocenters. The van der Waals surface area contributed by atoms with Gasteiger partial charge in [0.2, 0.25) is 0 Å². The van der Waals surface area contributed by atoms with Crippen LogP contribution in [0.3, 0.4) is 0 Å². The molecule has 2 aliphatic rings. The molecular weight excluding hydrogens is 316 g/mol. The summed E-state index contributed by atoms with van der Waals surface area (Å²) in [6.45, 7) is 3.88. The second-order valence-electron chi connectivity index (χ2n) is 7.09. The van der Waals surface area contributed by atoms with Gasteiger partial charge in [0.15, 0.2) is 0 Å². The minimum absolute atomic E-state index is 0.0319. The number of pyridine rings is 1. The van der Waals surface area contributed by atoms with E-state index in [9.17, 15) is 4.79 Å². The molecule has 4 rings (SSSR count). The van der Waals surface area contributed by atoms with Gasteiger partial charge in [-0.25, -0.2) is 4.98 Å². The zero-order chi connectivity index (χ0) is 17.4. The molecule has 2 aromatic heterocycles. The van der Waals surface area contributed by atoms with Gasteiger partial charge in [-0.05, 0) is 49.8 Å². The highest BCUT2D eigenvalue weighted by atomic mass is 16.5. The Kier molecular flexibility index (Phi) is 4.29. The molecule has 0 N–H and O–H groups in total. The van der Waals surface area contributed by atoms with Gasteiger partial charge < -0.3 is 9.64 Å². The Balaban J connectivity index is 1.60. The third-order valence-electron chi connectivity index (χ3n) is 5.07. The average Bonchev–Trinajstić information content (AvgIpc) is 3.36. The molecule has 2 aromatic rings. The van der Waals surface area contributed by atoms with Crippen molar-refractivity contribution < 1.29 is 9.53 Å². The van der Waals surface area contributed by atoms with E-state index in [2.05, 4.69) is 10.1 Å². The van der Waals surface area contributed by atoms with Crippen LogP contribution < -0.4 is 0 Å². The van der Waals surface area contributed by atoms with E-state index in [4.69, 9.17) is 4.74 Å². The third kappa shape index (κ3) is 3.31. The predicted octanol–water partition coefficient (Wildman–Crippen LogP) is 2.29. The van der Waals surface area contributed by atoms with Crippen LogP contribution in [0.25, 0.3) is 0 Å². The zero-order valence-corrected chi connectivity index (χ0v) is 14.8. The molecule has 1 fully saturated rings. The van der Waals surface area contributed by atoms with Crippen molar-refractivity contribution in [2.45, 2.75) is 32.2 Å². The van der Waals surface area contributed by atoms with Crippen LogP contribution >= 0.6 is 0 Å². The van der Waals surface area contributed by atoms with Crippen molar-refractivity contribution in [1.29, 1.82) is 0 Å². The van der Waals surface area contributed by atoms with Crippen LogP contribution in [0.1, 0.15) is 46.3 Å². The molecule has 0 aromatic carbocycles. The zero-order valence-electron chi connectivity index (χ0n) is 14.8. The Morgan fingerprint density at radius 2 is 2.16 bits per heavy atom. The number of aryl methyl sites for hydroxylation is 2. The topological polar surface area (TPSA) is 60.2 Å². The van der Waals surface area contributed by atoms with E-state index in [1.807, 2.05) is 41.9 Å². The second-order valence-corrected chi connectivity index (χ2v) is 7.09. The van der Waals surface area contributed by atoms with Crippen molar-refractivity contribution >= 4 is 5.91 Å². The van der Waals surface area contributed by atoms with Crippen LogP contribution in [0, 0.1) is 12.8 Å². The molecule has 132 valence electrons. The monoisotopic (exact) mass is 340 g/mol. The number of carbonyl (C=O) groups excluding carboxylic acids is 1. The highest BCUT2D eigenvalue weighted by Crippen LogP contribution is 2.33. The first-order valence-corrected chi connectivity index (χ1v) is 8.96. The number of amides is 1.